The van der Waals surface area contributed by atoms with E-state index in [4.69, 9.17) is 5.73 Å². The van der Waals surface area contributed by atoms with Crippen molar-refractivity contribution in [3.05, 3.63) is 29.3 Å². The molecule has 1 heterocycles. The molecule has 0 radical (unpaired) electrons. The Kier molecular flexibility index (Phi) is 2.50. The maximum atomic E-state index is 10.8. The molecule has 0 spiro atoms. The lowest BCUT2D eigenvalue weighted by molar-refractivity contribution is -0.107. The van der Waals surface area contributed by atoms with Crippen LogP contribution in [-0.2, 0) is 17.8 Å². The lowest BCUT2D eigenvalue weighted by atomic mass is 9.97. The van der Waals surface area contributed by atoms with Gasteiger partial charge in [-0.1, -0.05) is 12.1 Å². The van der Waals surface area contributed by atoms with Crippen LogP contribution >= 0.6 is 0 Å². The molecule has 1 aliphatic heterocycles. The van der Waals surface area contributed by atoms with Crippen LogP contribution in [0, 0.1) is 0 Å². The lowest BCUT2D eigenvalue weighted by Gasteiger charge is -2.27. The van der Waals surface area contributed by atoms with Gasteiger partial charge in [0.1, 0.15) is 0 Å². The summed E-state index contributed by atoms with van der Waals surface area (Å²) in [6.45, 7) is 1.38. The molecule has 0 aromatic heterocycles. The number of carbonyl (C=O) groups is 1. The number of hydrogen-bond donors (Lipinski definition) is 1. The number of hydrogen-bond acceptors (Lipinski definition) is 2. The van der Waals surface area contributed by atoms with E-state index in [1.807, 2.05) is 18.2 Å². The van der Waals surface area contributed by atoms with Crippen LogP contribution in [0.1, 0.15) is 17.5 Å². The monoisotopic (exact) mass is 190 g/mol. The number of anilines is 1. The van der Waals surface area contributed by atoms with Crippen molar-refractivity contribution in [1.82, 2.24) is 0 Å². The standard InChI is InChI=1S/C11H14N2O/c12-7-9-3-1-5-11-10(9)4-2-6-13(11)8-14/h1,3,5,8H,2,4,6-7,12H2. The molecule has 0 unspecified atom stereocenters. The minimum Gasteiger partial charge on any atom is -0.326 e. The molecule has 0 bridgehead atoms. The van der Waals surface area contributed by atoms with Crippen LogP contribution in [0.25, 0.3) is 0 Å². The summed E-state index contributed by atoms with van der Waals surface area (Å²) in [6, 6.07) is 5.98. The van der Waals surface area contributed by atoms with Gasteiger partial charge in [-0.05, 0) is 30.0 Å². The minimum atomic E-state index is 0.551. The maximum absolute atomic E-state index is 10.8. The number of benzene rings is 1. The number of rotatable bonds is 2. The van der Waals surface area contributed by atoms with E-state index in [1.165, 1.54) is 5.56 Å². The fourth-order valence-corrected chi connectivity index (χ4v) is 2.03. The predicted octanol–water partition coefficient (Wildman–Crippen LogP) is 1.05. The first-order valence-corrected chi connectivity index (χ1v) is 4.89. The van der Waals surface area contributed by atoms with Crippen molar-refractivity contribution in [1.29, 1.82) is 0 Å². The van der Waals surface area contributed by atoms with Crippen LogP contribution in [0.3, 0.4) is 0 Å². The van der Waals surface area contributed by atoms with E-state index < -0.39 is 0 Å². The topological polar surface area (TPSA) is 46.3 Å². The van der Waals surface area contributed by atoms with Crippen molar-refractivity contribution < 1.29 is 4.79 Å². The highest BCUT2D eigenvalue weighted by atomic mass is 16.1. The average molecular weight is 190 g/mol. The molecule has 2 N–H and O–H groups in total. The molecular weight excluding hydrogens is 176 g/mol. The maximum Gasteiger partial charge on any atom is 0.214 e. The van der Waals surface area contributed by atoms with Crippen LogP contribution in [0.4, 0.5) is 5.69 Å². The van der Waals surface area contributed by atoms with Gasteiger partial charge in [0, 0.05) is 18.8 Å². The predicted molar refractivity (Wildman–Crippen MR) is 56.1 cm³/mol. The van der Waals surface area contributed by atoms with Crippen molar-refractivity contribution in [3.63, 3.8) is 0 Å². The summed E-state index contributed by atoms with van der Waals surface area (Å²) in [6.07, 6.45) is 2.97. The second-order valence-electron chi connectivity index (χ2n) is 3.52. The summed E-state index contributed by atoms with van der Waals surface area (Å²) < 4.78 is 0. The quantitative estimate of drug-likeness (QED) is 0.709. The Hall–Kier alpha value is -1.35. The highest BCUT2D eigenvalue weighted by Crippen LogP contribution is 2.28. The largest absolute Gasteiger partial charge is 0.326 e. The molecule has 3 heteroatoms. The highest BCUT2D eigenvalue weighted by molar-refractivity contribution is 5.78. The first kappa shape index (κ1) is 9.21. The molecule has 1 aromatic carbocycles. The van der Waals surface area contributed by atoms with Gasteiger partial charge >= 0.3 is 0 Å². The number of carbonyl (C=O) groups excluding carboxylic acids is 1. The summed E-state index contributed by atoms with van der Waals surface area (Å²) in [5.41, 5.74) is 9.10. The second-order valence-corrected chi connectivity index (χ2v) is 3.52. The molecule has 1 aliphatic rings. The lowest BCUT2D eigenvalue weighted by Crippen LogP contribution is -2.28. The van der Waals surface area contributed by atoms with Gasteiger partial charge in [0.15, 0.2) is 0 Å². The number of fused-ring (bicyclic) bond motifs is 1. The second kappa shape index (κ2) is 3.80. The average Bonchev–Trinajstić information content (AvgIpc) is 2.27. The van der Waals surface area contributed by atoms with Crippen molar-refractivity contribution in [3.8, 4) is 0 Å². The number of nitrogens with two attached hydrogens (primary N) is 1. The van der Waals surface area contributed by atoms with Gasteiger partial charge in [-0.2, -0.15) is 0 Å². The smallest absolute Gasteiger partial charge is 0.214 e. The van der Waals surface area contributed by atoms with E-state index in [9.17, 15) is 4.79 Å². The molecular formula is C11H14N2O. The summed E-state index contributed by atoms with van der Waals surface area (Å²) in [4.78, 5) is 12.6. The summed E-state index contributed by atoms with van der Waals surface area (Å²) in [5, 5.41) is 0. The zero-order valence-corrected chi connectivity index (χ0v) is 8.07. The molecule has 0 saturated carbocycles. The normalized spacial score (nSPS) is 15.1. The number of amides is 1. The first-order valence-electron chi connectivity index (χ1n) is 4.89. The van der Waals surface area contributed by atoms with Crippen molar-refractivity contribution in [2.24, 2.45) is 5.73 Å². The van der Waals surface area contributed by atoms with Crippen LogP contribution in [0.5, 0.6) is 0 Å². The van der Waals surface area contributed by atoms with Gasteiger partial charge in [-0.25, -0.2) is 0 Å². The Morgan fingerprint density at radius 3 is 3.07 bits per heavy atom. The third kappa shape index (κ3) is 1.40. The van der Waals surface area contributed by atoms with E-state index in [0.717, 1.165) is 37.0 Å². The minimum absolute atomic E-state index is 0.551. The Morgan fingerprint density at radius 2 is 2.36 bits per heavy atom. The summed E-state index contributed by atoms with van der Waals surface area (Å²) in [7, 11) is 0. The number of nitrogens with zero attached hydrogens (tertiary/aromatic N) is 1. The molecule has 14 heavy (non-hydrogen) atoms. The molecule has 3 nitrogen and oxygen atoms in total. The summed E-state index contributed by atoms with van der Waals surface area (Å²) in [5.74, 6) is 0. The third-order valence-electron chi connectivity index (χ3n) is 2.73. The van der Waals surface area contributed by atoms with Gasteiger partial charge in [-0.15, -0.1) is 0 Å². The van der Waals surface area contributed by atoms with Crippen LogP contribution in [0.2, 0.25) is 0 Å². The van der Waals surface area contributed by atoms with E-state index in [-0.39, 0.29) is 0 Å². The highest BCUT2D eigenvalue weighted by Gasteiger charge is 2.17. The first-order chi connectivity index (χ1) is 6.86. The Bertz CT molecular complexity index is 349. The van der Waals surface area contributed by atoms with Crippen molar-refractivity contribution >= 4 is 12.1 Å². The molecule has 0 saturated heterocycles. The Labute approximate surface area is 83.5 Å². The molecule has 2 rings (SSSR count). The zero-order valence-electron chi connectivity index (χ0n) is 8.07. The van der Waals surface area contributed by atoms with Crippen LogP contribution in [0.15, 0.2) is 18.2 Å². The molecule has 0 atom stereocenters. The molecule has 1 aromatic rings. The SMILES string of the molecule is NCc1cccc2c1CCCN2C=O. The molecule has 1 amide bonds. The fourth-order valence-electron chi connectivity index (χ4n) is 2.03. The van der Waals surface area contributed by atoms with Gasteiger partial charge in [-0.3, -0.25) is 4.79 Å². The van der Waals surface area contributed by atoms with Gasteiger partial charge in [0.25, 0.3) is 0 Å². The van der Waals surface area contributed by atoms with Gasteiger partial charge in [0.05, 0.1) is 0 Å². The zero-order chi connectivity index (χ0) is 9.97. The van der Waals surface area contributed by atoms with Crippen molar-refractivity contribution in [2.45, 2.75) is 19.4 Å². The van der Waals surface area contributed by atoms with E-state index in [2.05, 4.69) is 0 Å². The summed E-state index contributed by atoms with van der Waals surface area (Å²) >= 11 is 0. The van der Waals surface area contributed by atoms with Crippen LogP contribution < -0.4 is 10.6 Å². The Morgan fingerprint density at radius 1 is 1.50 bits per heavy atom. The van der Waals surface area contributed by atoms with E-state index in [0.29, 0.717) is 6.54 Å². The third-order valence-corrected chi connectivity index (χ3v) is 2.73. The van der Waals surface area contributed by atoms with Gasteiger partial charge < -0.3 is 10.6 Å². The fraction of sp³-hybridized carbons (Fsp3) is 0.364. The van der Waals surface area contributed by atoms with E-state index in [1.54, 1.807) is 4.90 Å². The van der Waals surface area contributed by atoms with Crippen LogP contribution in [-0.4, -0.2) is 13.0 Å². The molecule has 74 valence electrons. The molecule has 0 fully saturated rings. The van der Waals surface area contributed by atoms with Gasteiger partial charge in [0.2, 0.25) is 6.41 Å². The van der Waals surface area contributed by atoms with Crippen molar-refractivity contribution in [2.75, 3.05) is 11.4 Å². The Balaban J connectivity index is 2.48. The van der Waals surface area contributed by atoms with E-state index >= 15 is 0 Å². The molecule has 0 aliphatic carbocycles.